The molecular weight excluding hydrogens is 266 g/mol. The lowest BCUT2D eigenvalue weighted by atomic mass is 10.0. The van der Waals surface area contributed by atoms with Gasteiger partial charge in [-0.1, -0.05) is 27.7 Å². The van der Waals surface area contributed by atoms with Crippen LogP contribution in [0.25, 0.3) is 0 Å². The van der Waals surface area contributed by atoms with E-state index < -0.39 is 0 Å². The first-order valence-corrected chi connectivity index (χ1v) is 8.86. The van der Waals surface area contributed by atoms with Crippen molar-refractivity contribution in [2.24, 2.45) is 11.8 Å². The predicted molar refractivity (Wildman–Crippen MR) is 88.6 cm³/mol. The van der Waals surface area contributed by atoms with Gasteiger partial charge in [-0.25, -0.2) is 4.98 Å². The summed E-state index contributed by atoms with van der Waals surface area (Å²) in [5.74, 6) is 1.51. The molecule has 0 saturated carbocycles. The molecule has 1 saturated heterocycles. The van der Waals surface area contributed by atoms with E-state index in [1.807, 2.05) is 11.3 Å². The highest BCUT2D eigenvalue weighted by Crippen LogP contribution is 2.30. The Morgan fingerprint density at radius 1 is 1.45 bits per heavy atom. The Bertz CT molecular complexity index is 414. The number of nitrogens with zero attached hydrogens (tertiary/aromatic N) is 2. The molecule has 4 heteroatoms. The quantitative estimate of drug-likeness (QED) is 0.867. The maximum absolute atomic E-state index is 4.89. The minimum Gasteiger partial charge on any atom is -0.348 e. The first-order chi connectivity index (χ1) is 9.60. The topological polar surface area (TPSA) is 28.2 Å². The minimum absolute atomic E-state index is 0.704. The summed E-state index contributed by atoms with van der Waals surface area (Å²) in [4.78, 5) is 8.81. The molecular formula is C16H29N3S. The van der Waals surface area contributed by atoms with Crippen LogP contribution < -0.4 is 10.2 Å². The van der Waals surface area contributed by atoms with Crippen LogP contribution in [-0.2, 0) is 13.0 Å². The van der Waals surface area contributed by atoms with Gasteiger partial charge in [-0.2, -0.15) is 0 Å². The molecule has 1 aliphatic heterocycles. The lowest BCUT2D eigenvalue weighted by Crippen LogP contribution is -2.34. The highest BCUT2D eigenvalue weighted by atomic mass is 32.1. The summed E-state index contributed by atoms with van der Waals surface area (Å²) in [5.41, 5.74) is 1.29. The minimum atomic E-state index is 0.704. The number of hydrogen-bond acceptors (Lipinski definition) is 4. The van der Waals surface area contributed by atoms with Crippen molar-refractivity contribution < 1.29 is 0 Å². The highest BCUT2D eigenvalue weighted by molar-refractivity contribution is 7.15. The number of aromatic nitrogens is 1. The van der Waals surface area contributed by atoms with Crippen molar-refractivity contribution in [3.05, 3.63) is 10.6 Å². The van der Waals surface area contributed by atoms with E-state index in [0.29, 0.717) is 5.92 Å². The number of hydrogen-bond donors (Lipinski definition) is 1. The van der Waals surface area contributed by atoms with Crippen molar-refractivity contribution in [1.82, 2.24) is 10.3 Å². The van der Waals surface area contributed by atoms with E-state index in [-0.39, 0.29) is 0 Å². The van der Waals surface area contributed by atoms with Gasteiger partial charge < -0.3 is 10.2 Å². The van der Waals surface area contributed by atoms with E-state index in [1.165, 1.54) is 41.6 Å². The van der Waals surface area contributed by atoms with E-state index >= 15 is 0 Å². The molecule has 0 aromatic carbocycles. The van der Waals surface area contributed by atoms with Gasteiger partial charge >= 0.3 is 0 Å². The number of piperidine rings is 1. The maximum atomic E-state index is 4.89. The Balaban J connectivity index is 2.01. The van der Waals surface area contributed by atoms with Crippen LogP contribution >= 0.6 is 11.3 Å². The molecule has 2 heterocycles. The van der Waals surface area contributed by atoms with Crippen molar-refractivity contribution in [3.63, 3.8) is 0 Å². The summed E-state index contributed by atoms with van der Waals surface area (Å²) in [6, 6.07) is 0. The molecule has 1 aliphatic rings. The summed E-state index contributed by atoms with van der Waals surface area (Å²) >= 11 is 1.90. The van der Waals surface area contributed by atoms with Crippen molar-refractivity contribution in [2.45, 2.75) is 53.5 Å². The average molecular weight is 295 g/mol. The van der Waals surface area contributed by atoms with Gasteiger partial charge in [0.15, 0.2) is 5.13 Å². The van der Waals surface area contributed by atoms with Gasteiger partial charge in [-0.3, -0.25) is 0 Å². The molecule has 1 unspecified atom stereocenters. The second-order valence-corrected chi connectivity index (χ2v) is 7.50. The highest BCUT2D eigenvalue weighted by Gasteiger charge is 2.20. The van der Waals surface area contributed by atoms with Crippen LogP contribution in [-0.4, -0.2) is 24.6 Å². The molecule has 1 atom stereocenters. The van der Waals surface area contributed by atoms with Gasteiger partial charge in [0.25, 0.3) is 0 Å². The Labute approximate surface area is 127 Å². The van der Waals surface area contributed by atoms with Gasteiger partial charge in [-0.15, -0.1) is 11.3 Å². The molecule has 1 fully saturated rings. The number of anilines is 1. The van der Waals surface area contributed by atoms with Crippen LogP contribution in [0.3, 0.4) is 0 Å². The second-order valence-electron chi connectivity index (χ2n) is 6.44. The Kier molecular flexibility index (Phi) is 5.85. The number of aryl methyl sites for hydroxylation is 1. The number of thiazole rings is 1. The van der Waals surface area contributed by atoms with E-state index in [4.69, 9.17) is 4.98 Å². The van der Waals surface area contributed by atoms with Crippen molar-refractivity contribution in [1.29, 1.82) is 0 Å². The average Bonchev–Trinajstić information content (AvgIpc) is 2.81. The van der Waals surface area contributed by atoms with Crippen molar-refractivity contribution >= 4 is 16.5 Å². The molecule has 0 bridgehead atoms. The predicted octanol–water partition coefficient (Wildman–Crippen LogP) is 3.69. The molecule has 0 amide bonds. The Morgan fingerprint density at radius 2 is 2.25 bits per heavy atom. The van der Waals surface area contributed by atoms with Gasteiger partial charge in [0, 0.05) is 24.5 Å². The summed E-state index contributed by atoms with van der Waals surface area (Å²) < 4.78 is 0. The van der Waals surface area contributed by atoms with E-state index in [0.717, 1.165) is 25.4 Å². The Hall–Kier alpha value is -0.610. The largest absolute Gasteiger partial charge is 0.348 e. The summed E-state index contributed by atoms with van der Waals surface area (Å²) in [5, 5.41) is 4.80. The zero-order chi connectivity index (χ0) is 14.5. The molecule has 3 nitrogen and oxygen atoms in total. The fraction of sp³-hybridized carbons (Fsp3) is 0.812. The number of rotatable bonds is 6. The van der Waals surface area contributed by atoms with Crippen LogP contribution in [0.2, 0.25) is 0 Å². The first kappa shape index (κ1) is 15.8. The molecule has 1 aromatic rings. The standard InChI is InChI=1S/C16H29N3S/c1-5-14-15(10-17-9-12(2)3)20-16(18-14)19-8-6-7-13(4)11-19/h12-13,17H,5-11H2,1-4H3. The van der Waals surface area contributed by atoms with Gasteiger partial charge in [0.1, 0.15) is 0 Å². The zero-order valence-corrected chi connectivity index (χ0v) is 14.2. The summed E-state index contributed by atoms with van der Waals surface area (Å²) in [7, 11) is 0. The monoisotopic (exact) mass is 295 g/mol. The van der Waals surface area contributed by atoms with Crippen LogP contribution in [0.1, 0.15) is 51.1 Å². The van der Waals surface area contributed by atoms with Gasteiger partial charge in [-0.05, 0) is 37.6 Å². The van der Waals surface area contributed by atoms with Crippen LogP contribution in [0.4, 0.5) is 5.13 Å². The molecule has 1 aromatic heterocycles. The molecule has 2 rings (SSSR count). The van der Waals surface area contributed by atoms with Crippen molar-refractivity contribution in [3.8, 4) is 0 Å². The van der Waals surface area contributed by atoms with E-state index in [1.54, 1.807) is 0 Å². The van der Waals surface area contributed by atoms with Crippen LogP contribution in [0.15, 0.2) is 0 Å². The van der Waals surface area contributed by atoms with Crippen LogP contribution in [0.5, 0.6) is 0 Å². The number of nitrogens with one attached hydrogen (secondary N) is 1. The third kappa shape index (κ3) is 4.19. The first-order valence-electron chi connectivity index (χ1n) is 8.04. The molecule has 114 valence electrons. The Morgan fingerprint density at radius 3 is 2.90 bits per heavy atom. The summed E-state index contributed by atoms with van der Waals surface area (Å²) in [6.07, 6.45) is 3.72. The lowest BCUT2D eigenvalue weighted by molar-refractivity contribution is 0.446. The van der Waals surface area contributed by atoms with Crippen molar-refractivity contribution in [2.75, 3.05) is 24.5 Å². The molecule has 1 N–H and O–H groups in total. The summed E-state index contributed by atoms with van der Waals surface area (Å²) in [6.45, 7) is 13.5. The molecule has 0 radical (unpaired) electrons. The normalized spacial score (nSPS) is 19.9. The third-order valence-corrected chi connectivity index (χ3v) is 5.03. The molecule has 0 spiro atoms. The third-order valence-electron chi connectivity index (χ3n) is 3.87. The lowest BCUT2D eigenvalue weighted by Gasteiger charge is -2.30. The fourth-order valence-corrected chi connectivity index (χ4v) is 3.91. The smallest absolute Gasteiger partial charge is 0.185 e. The van der Waals surface area contributed by atoms with Gasteiger partial charge in [0.2, 0.25) is 0 Å². The maximum Gasteiger partial charge on any atom is 0.185 e. The SMILES string of the molecule is CCc1nc(N2CCCC(C)C2)sc1CNCC(C)C. The second kappa shape index (κ2) is 7.41. The molecule has 0 aliphatic carbocycles. The fourth-order valence-electron chi connectivity index (χ4n) is 2.76. The molecule has 20 heavy (non-hydrogen) atoms. The van der Waals surface area contributed by atoms with Gasteiger partial charge in [0.05, 0.1) is 5.69 Å². The van der Waals surface area contributed by atoms with Crippen LogP contribution in [0, 0.1) is 11.8 Å². The van der Waals surface area contributed by atoms with E-state index in [9.17, 15) is 0 Å². The zero-order valence-electron chi connectivity index (χ0n) is 13.4. The van der Waals surface area contributed by atoms with E-state index in [2.05, 4.69) is 37.9 Å².